The Morgan fingerprint density at radius 3 is 2.95 bits per heavy atom. The molecule has 0 aliphatic carbocycles. The van der Waals surface area contributed by atoms with E-state index in [4.69, 9.17) is 4.52 Å². The number of pyridine rings is 1. The molecule has 0 bridgehead atoms. The Labute approximate surface area is 121 Å². The van der Waals surface area contributed by atoms with Crippen LogP contribution >= 0.6 is 0 Å². The van der Waals surface area contributed by atoms with Crippen LogP contribution in [-0.2, 0) is 6.42 Å². The Morgan fingerprint density at radius 2 is 2.29 bits per heavy atom. The first-order valence-electron chi connectivity index (χ1n) is 6.57. The zero-order valence-corrected chi connectivity index (χ0v) is 11.8. The van der Waals surface area contributed by atoms with E-state index in [1.807, 2.05) is 6.92 Å². The van der Waals surface area contributed by atoms with Crippen molar-refractivity contribution in [1.29, 1.82) is 0 Å². The second kappa shape index (κ2) is 6.78. The summed E-state index contributed by atoms with van der Waals surface area (Å²) in [5, 5.41) is 9.32. The molecule has 0 fully saturated rings. The van der Waals surface area contributed by atoms with Gasteiger partial charge in [0.2, 0.25) is 5.89 Å². The summed E-state index contributed by atoms with van der Waals surface area (Å²) in [6.07, 6.45) is 1.50. The maximum atomic E-state index is 13.2. The Kier molecular flexibility index (Phi) is 4.81. The monoisotopic (exact) mass is 293 g/mol. The highest BCUT2D eigenvalue weighted by atomic mass is 19.1. The average molecular weight is 293 g/mol. The quantitative estimate of drug-likeness (QED) is 0.834. The standard InChI is InChI=1S/C13H16FN5O2/c1-3-15-12-10(6-9(14)7-17-12)13(20)16-5-4-11-18-8(2)21-19-11/h6-7H,3-5H2,1-2H3,(H,15,17)(H,16,20). The summed E-state index contributed by atoms with van der Waals surface area (Å²) in [5.41, 5.74) is 0.168. The third-order valence-corrected chi connectivity index (χ3v) is 2.65. The Morgan fingerprint density at radius 1 is 1.48 bits per heavy atom. The summed E-state index contributed by atoms with van der Waals surface area (Å²) < 4.78 is 18.1. The number of anilines is 1. The summed E-state index contributed by atoms with van der Waals surface area (Å²) in [7, 11) is 0. The molecular weight excluding hydrogens is 277 g/mol. The SMILES string of the molecule is CCNc1ncc(F)cc1C(=O)NCCc1noc(C)n1. The van der Waals surface area contributed by atoms with E-state index in [1.54, 1.807) is 6.92 Å². The summed E-state index contributed by atoms with van der Waals surface area (Å²) in [6, 6.07) is 1.15. The van der Waals surface area contributed by atoms with Gasteiger partial charge in [-0.1, -0.05) is 5.16 Å². The van der Waals surface area contributed by atoms with Crippen LogP contribution in [0.1, 0.15) is 29.0 Å². The van der Waals surface area contributed by atoms with E-state index in [2.05, 4.69) is 25.8 Å². The zero-order valence-electron chi connectivity index (χ0n) is 11.8. The molecule has 21 heavy (non-hydrogen) atoms. The van der Waals surface area contributed by atoms with Crippen molar-refractivity contribution in [3.8, 4) is 0 Å². The lowest BCUT2D eigenvalue weighted by Gasteiger charge is -2.09. The van der Waals surface area contributed by atoms with Crippen molar-refractivity contribution in [1.82, 2.24) is 20.4 Å². The number of halogens is 1. The molecule has 2 heterocycles. The van der Waals surface area contributed by atoms with Crippen LogP contribution in [0.5, 0.6) is 0 Å². The van der Waals surface area contributed by atoms with Crippen molar-refractivity contribution >= 4 is 11.7 Å². The molecule has 7 nitrogen and oxygen atoms in total. The number of nitrogens with one attached hydrogen (secondary N) is 2. The van der Waals surface area contributed by atoms with Crippen LogP contribution in [0.3, 0.4) is 0 Å². The van der Waals surface area contributed by atoms with Crippen LogP contribution in [0.25, 0.3) is 0 Å². The lowest BCUT2D eigenvalue weighted by Crippen LogP contribution is -2.27. The number of hydrogen-bond acceptors (Lipinski definition) is 6. The van der Waals surface area contributed by atoms with E-state index in [0.29, 0.717) is 37.0 Å². The largest absolute Gasteiger partial charge is 0.370 e. The number of hydrogen-bond donors (Lipinski definition) is 2. The van der Waals surface area contributed by atoms with Crippen LogP contribution in [-0.4, -0.2) is 34.1 Å². The van der Waals surface area contributed by atoms with Gasteiger partial charge >= 0.3 is 0 Å². The maximum Gasteiger partial charge on any atom is 0.255 e. The number of carbonyl (C=O) groups excluding carboxylic acids is 1. The van der Waals surface area contributed by atoms with Gasteiger partial charge in [0, 0.05) is 26.4 Å². The topological polar surface area (TPSA) is 92.9 Å². The number of aryl methyl sites for hydroxylation is 1. The molecule has 2 aromatic rings. The predicted molar refractivity (Wildman–Crippen MR) is 73.4 cm³/mol. The smallest absolute Gasteiger partial charge is 0.255 e. The Hall–Kier alpha value is -2.51. The molecule has 0 saturated heterocycles. The minimum atomic E-state index is -0.560. The molecule has 8 heteroatoms. The van der Waals surface area contributed by atoms with E-state index in [9.17, 15) is 9.18 Å². The highest BCUT2D eigenvalue weighted by molar-refractivity contribution is 5.98. The van der Waals surface area contributed by atoms with Gasteiger partial charge in [-0.25, -0.2) is 9.37 Å². The highest BCUT2D eigenvalue weighted by Crippen LogP contribution is 2.13. The van der Waals surface area contributed by atoms with Crippen molar-refractivity contribution in [2.75, 3.05) is 18.4 Å². The highest BCUT2D eigenvalue weighted by Gasteiger charge is 2.13. The molecule has 0 radical (unpaired) electrons. The number of amides is 1. The van der Waals surface area contributed by atoms with Crippen molar-refractivity contribution in [3.63, 3.8) is 0 Å². The van der Waals surface area contributed by atoms with E-state index < -0.39 is 11.7 Å². The van der Waals surface area contributed by atoms with Gasteiger partial charge in [0.1, 0.15) is 11.6 Å². The Bertz CT molecular complexity index is 629. The van der Waals surface area contributed by atoms with Crippen molar-refractivity contribution in [2.24, 2.45) is 0 Å². The molecule has 0 aliphatic heterocycles. The van der Waals surface area contributed by atoms with E-state index in [1.165, 1.54) is 0 Å². The fraction of sp³-hybridized carbons (Fsp3) is 0.385. The number of nitrogens with zero attached hydrogens (tertiary/aromatic N) is 3. The first-order chi connectivity index (χ1) is 10.1. The first kappa shape index (κ1) is 14.9. The van der Waals surface area contributed by atoms with Crippen LogP contribution in [0.4, 0.5) is 10.2 Å². The van der Waals surface area contributed by atoms with Crippen LogP contribution in [0.15, 0.2) is 16.8 Å². The van der Waals surface area contributed by atoms with Crippen LogP contribution in [0, 0.1) is 12.7 Å². The Balaban J connectivity index is 1.97. The lowest BCUT2D eigenvalue weighted by atomic mass is 10.2. The van der Waals surface area contributed by atoms with Crippen LogP contribution < -0.4 is 10.6 Å². The lowest BCUT2D eigenvalue weighted by molar-refractivity contribution is 0.0954. The number of carbonyl (C=O) groups is 1. The molecule has 0 atom stereocenters. The molecule has 2 N–H and O–H groups in total. The zero-order chi connectivity index (χ0) is 15.2. The summed E-state index contributed by atoms with van der Waals surface area (Å²) in [6.45, 7) is 4.46. The molecule has 0 aliphatic rings. The van der Waals surface area contributed by atoms with Crippen molar-refractivity contribution in [2.45, 2.75) is 20.3 Å². The average Bonchev–Trinajstić information content (AvgIpc) is 2.86. The number of rotatable bonds is 6. The molecule has 0 unspecified atom stereocenters. The first-order valence-corrected chi connectivity index (χ1v) is 6.57. The van der Waals surface area contributed by atoms with Crippen molar-refractivity contribution < 1.29 is 13.7 Å². The van der Waals surface area contributed by atoms with Gasteiger partial charge in [0.15, 0.2) is 5.82 Å². The van der Waals surface area contributed by atoms with Gasteiger partial charge in [-0.15, -0.1) is 0 Å². The normalized spacial score (nSPS) is 10.4. The molecule has 0 saturated carbocycles. The van der Waals surface area contributed by atoms with Gasteiger partial charge in [-0.05, 0) is 13.0 Å². The molecular formula is C13H16FN5O2. The minimum Gasteiger partial charge on any atom is -0.370 e. The minimum absolute atomic E-state index is 0.168. The predicted octanol–water partition coefficient (Wildman–Crippen LogP) is 1.32. The molecule has 2 aromatic heterocycles. The van der Waals surface area contributed by atoms with Crippen LogP contribution in [0.2, 0.25) is 0 Å². The third kappa shape index (κ3) is 3.98. The molecule has 1 amide bonds. The van der Waals surface area contributed by atoms with E-state index >= 15 is 0 Å². The molecule has 0 aromatic carbocycles. The van der Waals surface area contributed by atoms with E-state index in [0.717, 1.165) is 12.3 Å². The number of aromatic nitrogens is 3. The van der Waals surface area contributed by atoms with Gasteiger partial charge in [-0.2, -0.15) is 4.98 Å². The second-order valence-electron chi connectivity index (χ2n) is 4.32. The summed E-state index contributed by atoms with van der Waals surface area (Å²) in [4.78, 5) is 20.0. The third-order valence-electron chi connectivity index (χ3n) is 2.65. The second-order valence-corrected chi connectivity index (χ2v) is 4.32. The molecule has 2 rings (SSSR count). The molecule has 112 valence electrons. The molecule has 0 spiro atoms. The maximum absolute atomic E-state index is 13.2. The van der Waals surface area contributed by atoms with Gasteiger partial charge in [-0.3, -0.25) is 4.79 Å². The van der Waals surface area contributed by atoms with Gasteiger partial charge < -0.3 is 15.2 Å². The summed E-state index contributed by atoms with van der Waals surface area (Å²) in [5.74, 6) is 0.373. The van der Waals surface area contributed by atoms with Crippen molar-refractivity contribution in [3.05, 3.63) is 35.4 Å². The fourth-order valence-corrected chi connectivity index (χ4v) is 1.75. The van der Waals surface area contributed by atoms with Gasteiger partial charge in [0.25, 0.3) is 5.91 Å². The van der Waals surface area contributed by atoms with E-state index in [-0.39, 0.29) is 5.56 Å². The summed E-state index contributed by atoms with van der Waals surface area (Å²) >= 11 is 0. The van der Waals surface area contributed by atoms with Gasteiger partial charge in [0.05, 0.1) is 11.8 Å². The fourth-order valence-electron chi connectivity index (χ4n) is 1.75.